The van der Waals surface area contributed by atoms with Gasteiger partial charge in [0.25, 0.3) is 10.0 Å². The molecule has 0 saturated carbocycles. The van der Waals surface area contributed by atoms with Gasteiger partial charge in [0.1, 0.15) is 10.6 Å². The fourth-order valence-corrected chi connectivity index (χ4v) is 4.39. The Morgan fingerprint density at radius 3 is 2.61 bits per heavy atom. The van der Waals surface area contributed by atoms with Crippen LogP contribution in [0.1, 0.15) is 5.56 Å². The lowest BCUT2D eigenvalue weighted by molar-refractivity contribution is 0.123. The summed E-state index contributed by atoms with van der Waals surface area (Å²) in [6.45, 7) is 4.47. The summed E-state index contributed by atoms with van der Waals surface area (Å²) < 4.78 is 44.2. The number of anilines is 2. The maximum atomic E-state index is 13.0. The van der Waals surface area contributed by atoms with Crippen LogP contribution < -0.4 is 14.4 Å². The van der Waals surface area contributed by atoms with E-state index in [-0.39, 0.29) is 10.4 Å². The number of ether oxygens (including phenoxy) is 2. The first kappa shape index (κ1) is 18.5. The lowest BCUT2D eigenvalue weighted by Crippen LogP contribution is -2.36. The summed E-state index contributed by atoms with van der Waals surface area (Å²) in [5, 5.41) is 7.78. The molecule has 1 saturated heterocycles. The first-order valence-electron chi connectivity index (χ1n) is 8.75. The molecule has 28 heavy (non-hydrogen) atoms. The number of benzene rings is 2. The van der Waals surface area contributed by atoms with E-state index in [1.807, 2.05) is 6.92 Å². The lowest BCUT2D eigenvalue weighted by atomic mass is 10.2. The molecule has 1 fully saturated rings. The van der Waals surface area contributed by atoms with E-state index in [2.05, 4.69) is 19.9 Å². The van der Waals surface area contributed by atoms with Crippen LogP contribution in [0.15, 0.2) is 39.9 Å². The largest absolute Gasteiger partial charge is 0.495 e. The Kier molecular flexibility index (Phi) is 4.82. The van der Waals surface area contributed by atoms with Gasteiger partial charge in [-0.3, -0.25) is 4.72 Å². The van der Waals surface area contributed by atoms with Gasteiger partial charge < -0.3 is 14.4 Å². The molecule has 0 aliphatic carbocycles. The molecule has 2 aromatic carbocycles. The Hall–Kier alpha value is -2.85. The minimum Gasteiger partial charge on any atom is -0.495 e. The van der Waals surface area contributed by atoms with Gasteiger partial charge in [-0.15, -0.1) is 0 Å². The van der Waals surface area contributed by atoms with Gasteiger partial charge in [0.15, 0.2) is 11.0 Å². The summed E-state index contributed by atoms with van der Waals surface area (Å²) in [5.74, 6) is 0.433. The highest BCUT2D eigenvalue weighted by Gasteiger charge is 2.25. The number of morpholine rings is 1. The molecular weight excluding hydrogens is 384 g/mol. The summed E-state index contributed by atoms with van der Waals surface area (Å²) in [4.78, 5) is 2.06. The van der Waals surface area contributed by atoms with Gasteiger partial charge in [-0.2, -0.15) is 0 Å². The first-order chi connectivity index (χ1) is 13.5. The number of hydrogen-bond donors (Lipinski definition) is 1. The fraction of sp³-hybridized carbons (Fsp3) is 0.333. The summed E-state index contributed by atoms with van der Waals surface area (Å²) in [6, 6.07) is 8.45. The number of rotatable bonds is 5. The molecule has 1 aromatic heterocycles. The maximum absolute atomic E-state index is 13.0. The van der Waals surface area contributed by atoms with Crippen molar-refractivity contribution in [2.75, 3.05) is 43.0 Å². The van der Waals surface area contributed by atoms with E-state index in [1.54, 1.807) is 24.3 Å². The monoisotopic (exact) mass is 404 g/mol. The van der Waals surface area contributed by atoms with Crippen molar-refractivity contribution in [1.29, 1.82) is 0 Å². The fourth-order valence-electron chi connectivity index (χ4n) is 3.19. The number of hydrogen-bond acceptors (Lipinski definition) is 8. The quantitative estimate of drug-likeness (QED) is 0.690. The molecule has 10 heteroatoms. The van der Waals surface area contributed by atoms with Gasteiger partial charge in [-0.05, 0) is 47.1 Å². The molecule has 0 spiro atoms. The number of fused-ring (bicyclic) bond motifs is 1. The second-order valence-electron chi connectivity index (χ2n) is 6.45. The minimum absolute atomic E-state index is 0.0108. The topological polar surface area (TPSA) is 107 Å². The van der Waals surface area contributed by atoms with Crippen LogP contribution in [0.2, 0.25) is 0 Å². The van der Waals surface area contributed by atoms with Crippen molar-refractivity contribution in [3.05, 3.63) is 35.9 Å². The number of nitrogens with zero attached hydrogens (tertiary/aromatic N) is 3. The number of aryl methyl sites for hydroxylation is 1. The van der Waals surface area contributed by atoms with Gasteiger partial charge >= 0.3 is 0 Å². The molecule has 0 unspecified atom stereocenters. The van der Waals surface area contributed by atoms with Crippen molar-refractivity contribution in [2.45, 2.75) is 11.8 Å². The van der Waals surface area contributed by atoms with Crippen molar-refractivity contribution in [3.63, 3.8) is 0 Å². The molecule has 0 radical (unpaired) electrons. The van der Waals surface area contributed by atoms with Crippen LogP contribution in [0.3, 0.4) is 0 Å². The van der Waals surface area contributed by atoms with Crippen molar-refractivity contribution >= 4 is 32.4 Å². The molecule has 1 N–H and O–H groups in total. The van der Waals surface area contributed by atoms with Gasteiger partial charge in [0, 0.05) is 13.1 Å². The van der Waals surface area contributed by atoms with Crippen LogP contribution in [0.4, 0.5) is 11.4 Å². The minimum atomic E-state index is -3.94. The van der Waals surface area contributed by atoms with Crippen molar-refractivity contribution in [2.24, 2.45) is 0 Å². The summed E-state index contributed by atoms with van der Waals surface area (Å²) >= 11 is 0. The van der Waals surface area contributed by atoms with E-state index in [9.17, 15) is 8.42 Å². The summed E-state index contributed by atoms with van der Waals surface area (Å²) in [5.41, 5.74) is 2.65. The molecule has 1 aliphatic rings. The Bertz CT molecular complexity index is 1110. The molecule has 3 aromatic rings. The van der Waals surface area contributed by atoms with E-state index < -0.39 is 10.0 Å². The van der Waals surface area contributed by atoms with Crippen LogP contribution >= 0.6 is 0 Å². The highest BCUT2D eigenvalue weighted by atomic mass is 32.2. The van der Waals surface area contributed by atoms with Crippen LogP contribution in [0.25, 0.3) is 11.0 Å². The van der Waals surface area contributed by atoms with Gasteiger partial charge in [0.05, 0.1) is 31.7 Å². The van der Waals surface area contributed by atoms with Crippen molar-refractivity contribution in [3.8, 4) is 5.75 Å². The van der Waals surface area contributed by atoms with E-state index in [1.165, 1.54) is 13.2 Å². The molecular formula is C18H20N4O5S. The average molecular weight is 404 g/mol. The zero-order chi connectivity index (χ0) is 19.7. The van der Waals surface area contributed by atoms with Crippen LogP contribution in [0, 0.1) is 6.92 Å². The lowest BCUT2D eigenvalue weighted by Gasteiger charge is -2.28. The standard InChI is InChI=1S/C18H20N4O5S/c1-12-3-4-13(15(11-12)25-2)21-28(23,24)16-6-5-14(17-18(16)20-27-19-17)22-7-9-26-10-8-22/h3-6,11,21H,7-10H2,1-2H3. The van der Waals surface area contributed by atoms with E-state index in [4.69, 9.17) is 14.1 Å². The predicted molar refractivity (Wildman–Crippen MR) is 103 cm³/mol. The molecule has 0 amide bonds. The number of methoxy groups -OCH3 is 1. The Morgan fingerprint density at radius 2 is 1.86 bits per heavy atom. The normalized spacial score (nSPS) is 15.0. The molecule has 1 aliphatic heterocycles. The van der Waals surface area contributed by atoms with Gasteiger partial charge in [-0.1, -0.05) is 6.07 Å². The molecule has 9 nitrogen and oxygen atoms in total. The van der Waals surface area contributed by atoms with Crippen molar-refractivity contribution < 1.29 is 22.5 Å². The van der Waals surface area contributed by atoms with Crippen molar-refractivity contribution in [1.82, 2.24) is 10.3 Å². The Balaban J connectivity index is 1.73. The van der Waals surface area contributed by atoms with Crippen LogP contribution in [-0.2, 0) is 14.8 Å². The summed E-state index contributed by atoms with van der Waals surface area (Å²) in [7, 11) is -2.45. The Morgan fingerprint density at radius 1 is 1.11 bits per heavy atom. The van der Waals surface area contributed by atoms with Crippen LogP contribution in [0.5, 0.6) is 5.75 Å². The second kappa shape index (κ2) is 7.28. The number of aromatic nitrogens is 2. The predicted octanol–water partition coefficient (Wildman–Crippen LogP) is 2.18. The van der Waals surface area contributed by atoms with E-state index >= 15 is 0 Å². The van der Waals surface area contributed by atoms with Crippen LogP contribution in [-0.4, -0.2) is 52.1 Å². The SMILES string of the molecule is COc1cc(C)ccc1NS(=O)(=O)c1ccc(N2CCOCC2)c2nonc12. The maximum Gasteiger partial charge on any atom is 0.264 e. The smallest absolute Gasteiger partial charge is 0.264 e. The molecule has 2 heterocycles. The zero-order valence-electron chi connectivity index (χ0n) is 15.5. The summed E-state index contributed by atoms with van der Waals surface area (Å²) in [6.07, 6.45) is 0. The van der Waals surface area contributed by atoms with E-state index in [0.717, 1.165) is 11.3 Å². The molecule has 4 rings (SSSR count). The third kappa shape index (κ3) is 3.36. The third-order valence-electron chi connectivity index (χ3n) is 4.60. The number of sulfonamides is 1. The molecule has 0 bridgehead atoms. The van der Waals surface area contributed by atoms with Gasteiger partial charge in [-0.25, -0.2) is 13.0 Å². The number of nitrogens with one attached hydrogen (secondary N) is 1. The Labute approximate surface area is 162 Å². The van der Waals surface area contributed by atoms with Gasteiger partial charge in [0.2, 0.25) is 0 Å². The highest BCUT2D eigenvalue weighted by molar-refractivity contribution is 7.93. The average Bonchev–Trinajstić information content (AvgIpc) is 3.18. The zero-order valence-corrected chi connectivity index (χ0v) is 16.3. The first-order valence-corrected chi connectivity index (χ1v) is 10.2. The molecule has 0 atom stereocenters. The third-order valence-corrected chi connectivity index (χ3v) is 6.00. The van der Waals surface area contributed by atoms with E-state index in [0.29, 0.717) is 43.3 Å². The highest BCUT2D eigenvalue weighted by Crippen LogP contribution is 2.33. The molecule has 148 valence electrons. The second-order valence-corrected chi connectivity index (χ2v) is 8.10.